The van der Waals surface area contributed by atoms with Crippen LogP contribution in [0.4, 0.5) is 0 Å². The van der Waals surface area contributed by atoms with Crippen LogP contribution in [0.1, 0.15) is 297 Å². The Morgan fingerprint density at radius 1 is 0.279 bits per heavy atom. The van der Waals surface area contributed by atoms with E-state index in [4.69, 9.17) is 37.0 Å². The number of phosphoric ester groups is 2. The molecule has 5 atom stereocenters. The van der Waals surface area contributed by atoms with Crippen LogP contribution in [0, 0.1) is 0 Å². The molecule has 0 aromatic carbocycles. The lowest BCUT2D eigenvalue weighted by atomic mass is 10.1. The third kappa shape index (κ3) is 74.9. The van der Waals surface area contributed by atoms with Crippen LogP contribution in [0.3, 0.4) is 0 Å². The lowest BCUT2D eigenvalue weighted by molar-refractivity contribution is -0.161. The highest BCUT2D eigenvalue weighted by Crippen LogP contribution is 2.45. The number of aliphatic hydroxyl groups excluding tert-OH is 1. The fourth-order valence-corrected chi connectivity index (χ4v) is 11.5. The standard InChI is InChI=1S/C85H140O17P2/c1-5-9-13-17-21-25-29-33-35-37-39-41-43-47-49-53-57-61-65-69-82(87)95-75-80(101-84(89)71-67-63-59-55-51-45-31-27-23-19-15-11-7-3)77-99-103(91,92)97-73-79(86)74-98-104(93,94)100-78-81(102-85(90)72-68-64-60-56-52-46-32-28-24-20-16-12-8-4)76-96-83(88)70-66-62-58-54-50-48-44-42-40-38-36-34-30-26-22-18-14-10-6-2/h9,13,21-22,25-28,31-36,39-42,47-50,57-58,61-62,79-81,86H,5-8,10-12,14-20,23-24,29-30,37-38,43-46,51-56,59-60,63-78H2,1-4H3,(H,91,92)(H,93,94)/b13-9-,25-21-,26-22-,31-27-,32-28-,35-33-,36-34-,41-39-,42-40-,49-47-,50-48-,61-57-,62-58-/t79-,80-,81-/m1/s1. The van der Waals surface area contributed by atoms with Gasteiger partial charge in [-0.25, -0.2) is 9.13 Å². The van der Waals surface area contributed by atoms with Gasteiger partial charge >= 0.3 is 39.5 Å². The molecule has 0 amide bonds. The van der Waals surface area contributed by atoms with Gasteiger partial charge in [-0.1, -0.05) is 276 Å². The summed E-state index contributed by atoms with van der Waals surface area (Å²) in [6.07, 6.45) is 88.3. The van der Waals surface area contributed by atoms with Crippen molar-refractivity contribution >= 4 is 39.5 Å². The predicted molar refractivity (Wildman–Crippen MR) is 427 cm³/mol. The summed E-state index contributed by atoms with van der Waals surface area (Å²) in [6, 6.07) is 0. The summed E-state index contributed by atoms with van der Waals surface area (Å²) in [6.45, 7) is 4.50. The Labute approximate surface area is 629 Å². The monoisotopic (exact) mass is 1490 g/mol. The van der Waals surface area contributed by atoms with Gasteiger partial charge in [-0.05, 0) is 154 Å². The van der Waals surface area contributed by atoms with E-state index in [0.29, 0.717) is 38.5 Å². The molecule has 0 spiro atoms. The lowest BCUT2D eigenvalue weighted by Gasteiger charge is -2.21. The maximum atomic E-state index is 13.1. The van der Waals surface area contributed by atoms with Gasteiger partial charge in [0.2, 0.25) is 0 Å². The summed E-state index contributed by atoms with van der Waals surface area (Å²) >= 11 is 0. The molecule has 0 saturated carbocycles. The van der Waals surface area contributed by atoms with Gasteiger partial charge in [-0.15, -0.1) is 0 Å². The number of ether oxygens (including phenoxy) is 4. The molecular weight excluding hydrogens is 1350 g/mol. The average molecular weight is 1500 g/mol. The van der Waals surface area contributed by atoms with Gasteiger partial charge in [0, 0.05) is 25.7 Å². The second-order valence-corrected chi connectivity index (χ2v) is 28.8. The summed E-state index contributed by atoms with van der Waals surface area (Å²) in [5.41, 5.74) is 0. The molecule has 19 heteroatoms. The Hall–Kier alpha value is -5.32. The SMILES string of the molecule is CC/C=C\C/C=C\C/C=C\C/C=C\C/C=C\C/C=C\CCC(=O)OC[C@H](COP(=O)(O)OC[C@@H](O)COP(=O)(O)OC[C@@H](COC(=O)CC/C=C\C/C=C\C/C=C\C/C=C\C/C=C\CCCCC)OC(=O)CCCCCCC/C=C\CCCCCC)OC(=O)CCCCCCC/C=C\CCCCCC. The molecule has 0 heterocycles. The van der Waals surface area contributed by atoms with E-state index in [1.165, 1.54) is 70.6 Å². The minimum absolute atomic E-state index is 0.0288. The molecule has 0 aliphatic rings. The highest BCUT2D eigenvalue weighted by Gasteiger charge is 2.30. The normalized spacial score (nSPS) is 14.7. The Kier molecular flexibility index (Phi) is 72.0. The average Bonchev–Trinajstić information content (AvgIpc) is 0.913. The smallest absolute Gasteiger partial charge is 0.462 e. The number of rotatable bonds is 73. The molecular formula is C85H140O17P2. The molecule has 0 rings (SSSR count). The Morgan fingerprint density at radius 3 is 0.837 bits per heavy atom. The van der Waals surface area contributed by atoms with E-state index in [9.17, 15) is 43.2 Å². The first-order chi connectivity index (χ1) is 50.7. The zero-order valence-corrected chi connectivity index (χ0v) is 66.4. The molecule has 3 N–H and O–H groups in total. The van der Waals surface area contributed by atoms with Gasteiger partial charge in [0.15, 0.2) is 12.2 Å². The number of carbonyl (C=O) groups excluding carboxylic acids is 4. The van der Waals surface area contributed by atoms with Gasteiger partial charge in [-0.2, -0.15) is 0 Å². The third-order valence-electron chi connectivity index (χ3n) is 16.0. The van der Waals surface area contributed by atoms with Crippen LogP contribution in [0.25, 0.3) is 0 Å². The minimum Gasteiger partial charge on any atom is -0.462 e. The summed E-state index contributed by atoms with van der Waals surface area (Å²) < 4.78 is 68.4. The first-order valence-corrected chi connectivity index (χ1v) is 42.7. The quantitative estimate of drug-likeness (QED) is 0.0169. The second-order valence-electron chi connectivity index (χ2n) is 25.9. The molecule has 0 bridgehead atoms. The molecule has 0 aliphatic carbocycles. The number of allylic oxidation sites excluding steroid dienone is 26. The van der Waals surface area contributed by atoms with Crippen LogP contribution in [0.2, 0.25) is 0 Å². The molecule has 0 aromatic rings. The van der Waals surface area contributed by atoms with Gasteiger partial charge in [-0.3, -0.25) is 37.3 Å². The van der Waals surface area contributed by atoms with E-state index >= 15 is 0 Å². The van der Waals surface area contributed by atoms with E-state index in [1.54, 1.807) is 0 Å². The Morgan fingerprint density at radius 2 is 0.519 bits per heavy atom. The number of unbranched alkanes of at least 4 members (excludes halogenated alkanes) is 21. The van der Waals surface area contributed by atoms with Crippen molar-refractivity contribution in [3.63, 3.8) is 0 Å². The number of hydrogen-bond acceptors (Lipinski definition) is 15. The minimum atomic E-state index is -5.00. The van der Waals surface area contributed by atoms with Crippen LogP contribution in [-0.4, -0.2) is 96.7 Å². The number of aliphatic hydroxyl groups is 1. The highest BCUT2D eigenvalue weighted by atomic mass is 31.2. The molecule has 0 saturated heterocycles. The maximum Gasteiger partial charge on any atom is 0.472 e. The molecule has 17 nitrogen and oxygen atoms in total. The first kappa shape index (κ1) is 98.7. The van der Waals surface area contributed by atoms with Crippen LogP contribution >= 0.6 is 15.6 Å². The van der Waals surface area contributed by atoms with Gasteiger partial charge in [0.1, 0.15) is 19.3 Å². The zero-order chi connectivity index (χ0) is 76.0. The molecule has 104 heavy (non-hydrogen) atoms. The maximum absolute atomic E-state index is 13.1. The van der Waals surface area contributed by atoms with Crippen molar-refractivity contribution in [2.45, 2.75) is 316 Å². The van der Waals surface area contributed by atoms with E-state index in [1.807, 2.05) is 36.5 Å². The van der Waals surface area contributed by atoms with Gasteiger partial charge < -0.3 is 33.8 Å². The molecule has 2 unspecified atom stereocenters. The van der Waals surface area contributed by atoms with Crippen LogP contribution in [0.5, 0.6) is 0 Å². The Bertz CT molecular complexity index is 2590. The zero-order valence-electron chi connectivity index (χ0n) is 64.6. The Balaban J connectivity index is 5.47. The third-order valence-corrected chi connectivity index (χ3v) is 17.9. The number of hydrogen-bond donors (Lipinski definition) is 3. The van der Waals surface area contributed by atoms with E-state index in [-0.39, 0.29) is 25.7 Å². The van der Waals surface area contributed by atoms with Crippen LogP contribution in [0.15, 0.2) is 158 Å². The van der Waals surface area contributed by atoms with Gasteiger partial charge in [0.05, 0.1) is 26.4 Å². The number of phosphoric acid groups is 2. The van der Waals surface area contributed by atoms with Crippen molar-refractivity contribution < 1.29 is 80.2 Å². The van der Waals surface area contributed by atoms with Crippen molar-refractivity contribution in [1.82, 2.24) is 0 Å². The van der Waals surface area contributed by atoms with E-state index < -0.39 is 97.5 Å². The largest absolute Gasteiger partial charge is 0.472 e. The molecule has 592 valence electrons. The van der Waals surface area contributed by atoms with Crippen LogP contribution in [-0.2, 0) is 65.4 Å². The predicted octanol–water partition coefficient (Wildman–Crippen LogP) is 23.2. The topological polar surface area (TPSA) is 237 Å². The lowest BCUT2D eigenvalue weighted by Crippen LogP contribution is -2.30. The summed E-state index contributed by atoms with van der Waals surface area (Å²) in [5.74, 6) is -2.40. The van der Waals surface area contributed by atoms with E-state index in [2.05, 4.69) is 149 Å². The summed E-state index contributed by atoms with van der Waals surface area (Å²) in [7, 11) is -10.0. The fourth-order valence-electron chi connectivity index (χ4n) is 9.92. The van der Waals surface area contributed by atoms with Crippen molar-refractivity contribution in [1.29, 1.82) is 0 Å². The van der Waals surface area contributed by atoms with Gasteiger partial charge in [0.25, 0.3) is 0 Å². The van der Waals surface area contributed by atoms with Crippen molar-refractivity contribution in [2.24, 2.45) is 0 Å². The van der Waals surface area contributed by atoms with Crippen molar-refractivity contribution in [3.05, 3.63) is 158 Å². The van der Waals surface area contributed by atoms with E-state index in [0.717, 1.165) is 135 Å². The fraction of sp³-hybridized carbons (Fsp3) is 0.647. The second kappa shape index (κ2) is 75.9. The number of esters is 4. The van der Waals surface area contributed by atoms with Crippen molar-refractivity contribution in [3.8, 4) is 0 Å². The molecule has 0 aromatic heterocycles. The highest BCUT2D eigenvalue weighted by molar-refractivity contribution is 7.47. The summed E-state index contributed by atoms with van der Waals surface area (Å²) in [4.78, 5) is 72.9. The molecule has 0 aliphatic heterocycles. The first-order valence-electron chi connectivity index (χ1n) is 39.7. The van der Waals surface area contributed by atoms with Crippen molar-refractivity contribution in [2.75, 3.05) is 39.6 Å². The molecule has 0 radical (unpaired) electrons. The summed E-state index contributed by atoms with van der Waals surface area (Å²) in [5, 5.41) is 10.6. The van der Waals surface area contributed by atoms with Crippen LogP contribution < -0.4 is 0 Å². The number of carbonyl (C=O) groups is 4. The molecule has 0 fully saturated rings.